The lowest BCUT2D eigenvalue weighted by Crippen LogP contribution is -2.32. The smallest absolute Gasteiger partial charge is 0.261 e. The summed E-state index contributed by atoms with van der Waals surface area (Å²) >= 11 is 0. The Labute approximate surface area is 159 Å². The van der Waals surface area contributed by atoms with Gasteiger partial charge in [0.15, 0.2) is 5.03 Å². The summed E-state index contributed by atoms with van der Waals surface area (Å²) in [5.41, 5.74) is 2.59. The third-order valence-electron chi connectivity index (χ3n) is 4.17. The highest BCUT2D eigenvalue weighted by molar-refractivity contribution is 7.92. The molecule has 0 fully saturated rings. The molecule has 0 N–H and O–H groups in total. The largest absolute Gasteiger partial charge is 0.283 e. The van der Waals surface area contributed by atoms with E-state index in [1.807, 2.05) is 42.5 Å². The van der Waals surface area contributed by atoms with Crippen LogP contribution < -0.4 is 4.31 Å². The van der Waals surface area contributed by atoms with Gasteiger partial charge < -0.3 is 0 Å². The molecule has 0 aliphatic heterocycles. The standard InChI is InChI=1S/C21H19N3O2S/c1-16-13-17(2)23-21(20(16)14-22)27(25,26)24(19-11-7-4-8-12-19)15-18-9-5-3-6-10-18/h3-13H,15H2,1-2H3. The summed E-state index contributed by atoms with van der Waals surface area (Å²) in [5.74, 6) is 0. The van der Waals surface area contributed by atoms with Crippen molar-refractivity contribution in [2.24, 2.45) is 0 Å². The molecule has 0 spiro atoms. The molecule has 136 valence electrons. The van der Waals surface area contributed by atoms with Crippen LogP contribution in [0.15, 0.2) is 71.8 Å². The van der Waals surface area contributed by atoms with Gasteiger partial charge >= 0.3 is 0 Å². The van der Waals surface area contributed by atoms with E-state index in [1.54, 1.807) is 44.2 Å². The highest BCUT2D eigenvalue weighted by Crippen LogP contribution is 2.28. The summed E-state index contributed by atoms with van der Waals surface area (Å²) in [6, 6.07) is 21.9. The van der Waals surface area contributed by atoms with Crippen molar-refractivity contribution in [3.8, 4) is 6.07 Å². The van der Waals surface area contributed by atoms with Crippen molar-refractivity contribution in [3.05, 3.63) is 89.1 Å². The minimum Gasteiger partial charge on any atom is -0.261 e. The normalized spacial score (nSPS) is 11.0. The second-order valence-electron chi connectivity index (χ2n) is 6.21. The van der Waals surface area contributed by atoms with Crippen LogP contribution in [0.4, 0.5) is 5.69 Å². The van der Waals surface area contributed by atoms with Gasteiger partial charge in [0.1, 0.15) is 6.07 Å². The number of hydrogen-bond donors (Lipinski definition) is 0. The molecule has 1 aromatic heterocycles. The van der Waals surface area contributed by atoms with Gasteiger partial charge in [0.2, 0.25) is 0 Å². The summed E-state index contributed by atoms with van der Waals surface area (Å²) in [7, 11) is -4.04. The molecule has 0 atom stereocenters. The Kier molecular flexibility index (Phi) is 5.24. The van der Waals surface area contributed by atoms with Gasteiger partial charge in [0, 0.05) is 5.69 Å². The van der Waals surface area contributed by atoms with E-state index < -0.39 is 10.0 Å². The summed E-state index contributed by atoms with van der Waals surface area (Å²) < 4.78 is 28.4. The number of aryl methyl sites for hydroxylation is 2. The fourth-order valence-electron chi connectivity index (χ4n) is 2.89. The van der Waals surface area contributed by atoms with E-state index in [0.717, 1.165) is 5.56 Å². The van der Waals surface area contributed by atoms with Gasteiger partial charge in [-0.3, -0.25) is 4.31 Å². The molecule has 6 heteroatoms. The van der Waals surface area contributed by atoms with Crippen molar-refractivity contribution in [1.82, 2.24) is 4.98 Å². The Hall–Kier alpha value is -3.17. The minimum absolute atomic E-state index is 0.0783. The summed E-state index contributed by atoms with van der Waals surface area (Å²) in [6.07, 6.45) is 0. The molecule has 2 aromatic carbocycles. The number of aromatic nitrogens is 1. The number of anilines is 1. The average molecular weight is 377 g/mol. The maximum Gasteiger partial charge on any atom is 0.283 e. The van der Waals surface area contributed by atoms with Crippen molar-refractivity contribution < 1.29 is 8.42 Å². The number of nitrogens with zero attached hydrogens (tertiary/aromatic N) is 3. The highest BCUT2D eigenvalue weighted by Gasteiger charge is 2.30. The zero-order chi connectivity index (χ0) is 19.4. The van der Waals surface area contributed by atoms with Crippen molar-refractivity contribution in [1.29, 1.82) is 5.26 Å². The molecule has 5 nitrogen and oxygen atoms in total. The van der Waals surface area contributed by atoms with Crippen LogP contribution in [-0.2, 0) is 16.6 Å². The van der Waals surface area contributed by atoms with Crippen molar-refractivity contribution in [2.75, 3.05) is 4.31 Å². The summed E-state index contributed by atoms with van der Waals surface area (Å²) in [5, 5.41) is 9.32. The molecule has 0 bridgehead atoms. The van der Waals surface area contributed by atoms with E-state index in [-0.39, 0.29) is 17.1 Å². The molecule has 0 amide bonds. The molecule has 0 aliphatic rings. The molecular formula is C21H19N3O2S. The maximum atomic E-state index is 13.5. The van der Waals surface area contributed by atoms with Crippen LogP contribution in [0.2, 0.25) is 0 Å². The van der Waals surface area contributed by atoms with Gasteiger partial charge in [0.25, 0.3) is 10.0 Å². The number of rotatable bonds is 5. The molecule has 0 aliphatic carbocycles. The molecular weight excluding hydrogens is 358 g/mol. The van der Waals surface area contributed by atoms with Crippen molar-refractivity contribution in [2.45, 2.75) is 25.4 Å². The Morgan fingerprint density at radius 3 is 2.19 bits per heavy atom. The molecule has 0 saturated carbocycles. The monoisotopic (exact) mass is 377 g/mol. The second kappa shape index (κ2) is 7.60. The number of para-hydroxylation sites is 1. The molecule has 3 aromatic rings. The van der Waals surface area contributed by atoms with Crippen LogP contribution in [0.1, 0.15) is 22.4 Å². The van der Waals surface area contributed by atoms with Crippen LogP contribution in [-0.4, -0.2) is 13.4 Å². The molecule has 0 radical (unpaired) electrons. The minimum atomic E-state index is -4.04. The lowest BCUT2D eigenvalue weighted by Gasteiger charge is -2.25. The maximum absolute atomic E-state index is 13.5. The predicted octanol–water partition coefficient (Wildman–Crippen LogP) is 3.97. The van der Waals surface area contributed by atoms with E-state index >= 15 is 0 Å². The van der Waals surface area contributed by atoms with Gasteiger partial charge in [-0.1, -0.05) is 48.5 Å². The second-order valence-corrected chi connectivity index (χ2v) is 7.98. The van der Waals surface area contributed by atoms with Gasteiger partial charge in [-0.05, 0) is 43.2 Å². The SMILES string of the molecule is Cc1cc(C)c(C#N)c(S(=O)(=O)N(Cc2ccccc2)c2ccccc2)n1. The molecule has 1 heterocycles. The molecule has 0 saturated heterocycles. The van der Waals surface area contributed by atoms with Crippen molar-refractivity contribution >= 4 is 15.7 Å². The van der Waals surface area contributed by atoms with E-state index in [9.17, 15) is 13.7 Å². The Balaban J connectivity index is 2.19. The lowest BCUT2D eigenvalue weighted by molar-refractivity contribution is 0.585. The predicted molar refractivity (Wildman–Crippen MR) is 105 cm³/mol. The summed E-state index contributed by atoms with van der Waals surface area (Å²) in [6.45, 7) is 3.58. The van der Waals surface area contributed by atoms with Crippen molar-refractivity contribution in [3.63, 3.8) is 0 Å². The van der Waals surface area contributed by atoms with Gasteiger partial charge in [0.05, 0.1) is 17.8 Å². The quantitative estimate of drug-likeness (QED) is 0.674. The van der Waals surface area contributed by atoms with Crippen LogP contribution in [0.25, 0.3) is 0 Å². The van der Waals surface area contributed by atoms with E-state index in [2.05, 4.69) is 4.98 Å². The summed E-state index contributed by atoms with van der Waals surface area (Å²) in [4.78, 5) is 4.21. The number of sulfonamides is 1. The number of pyridine rings is 1. The first-order valence-electron chi connectivity index (χ1n) is 8.43. The average Bonchev–Trinajstić information content (AvgIpc) is 2.67. The topological polar surface area (TPSA) is 74.1 Å². The lowest BCUT2D eigenvalue weighted by atomic mass is 10.1. The first kappa shape index (κ1) is 18.6. The van der Waals surface area contributed by atoms with E-state index in [1.165, 1.54) is 4.31 Å². The Morgan fingerprint density at radius 1 is 1.00 bits per heavy atom. The number of hydrogen-bond acceptors (Lipinski definition) is 4. The first-order valence-corrected chi connectivity index (χ1v) is 9.87. The van der Waals surface area contributed by atoms with Gasteiger partial charge in [-0.15, -0.1) is 0 Å². The number of benzene rings is 2. The zero-order valence-electron chi connectivity index (χ0n) is 15.1. The van der Waals surface area contributed by atoms with Crippen LogP contribution in [0.5, 0.6) is 0 Å². The fraction of sp³-hybridized carbons (Fsp3) is 0.143. The van der Waals surface area contributed by atoms with Crippen LogP contribution >= 0.6 is 0 Å². The highest BCUT2D eigenvalue weighted by atomic mass is 32.2. The third kappa shape index (κ3) is 3.83. The molecule has 0 unspecified atom stereocenters. The van der Waals surface area contributed by atoms with Gasteiger partial charge in [-0.2, -0.15) is 13.7 Å². The van der Waals surface area contributed by atoms with Gasteiger partial charge in [-0.25, -0.2) is 4.98 Å². The third-order valence-corrected chi connectivity index (χ3v) is 5.88. The van der Waals surface area contributed by atoms with Crippen LogP contribution in [0.3, 0.4) is 0 Å². The van der Waals surface area contributed by atoms with Crippen LogP contribution in [0, 0.1) is 25.2 Å². The van der Waals surface area contributed by atoms with E-state index in [4.69, 9.17) is 0 Å². The first-order chi connectivity index (χ1) is 12.9. The van der Waals surface area contributed by atoms with E-state index in [0.29, 0.717) is 16.9 Å². The Morgan fingerprint density at radius 2 is 1.59 bits per heavy atom. The molecule has 27 heavy (non-hydrogen) atoms. The number of nitriles is 1. The Bertz CT molecular complexity index is 1090. The zero-order valence-corrected chi connectivity index (χ0v) is 15.9. The fourth-order valence-corrected chi connectivity index (χ4v) is 4.54. The molecule has 3 rings (SSSR count).